The molecule has 28 rings (SSSR count). The lowest BCUT2D eigenvalue weighted by atomic mass is 9.67. The van der Waals surface area contributed by atoms with Crippen LogP contribution < -0.4 is 9.80 Å². The molecule has 0 aliphatic heterocycles. The van der Waals surface area contributed by atoms with E-state index in [9.17, 15) is 0 Å². The third-order valence-electron chi connectivity index (χ3n) is 31.2. The maximum Gasteiger partial charge on any atom is 0.0726 e. The molecule has 2 nitrogen and oxygen atoms in total. The van der Waals surface area contributed by atoms with Crippen LogP contribution in [0.25, 0.3) is 122 Å². The summed E-state index contributed by atoms with van der Waals surface area (Å²) in [5, 5.41) is 0. The van der Waals surface area contributed by atoms with Crippen molar-refractivity contribution in [1.29, 1.82) is 0 Å². The first-order valence-electron chi connectivity index (χ1n) is 48.3. The molecule has 138 heavy (non-hydrogen) atoms. The average molecular weight is 1750 g/mol. The molecule has 0 saturated heterocycles. The Bertz CT molecular complexity index is 8480. The summed E-state index contributed by atoms with van der Waals surface area (Å²) in [6, 6.07) is 203. The van der Waals surface area contributed by atoms with Gasteiger partial charge in [-0.2, -0.15) is 0 Å². The molecular formula is C136H88N2. The van der Waals surface area contributed by atoms with E-state index >= 15 is 0 Å². The first kappa shape index (κ1) is 79.0. The Hall–Kier alpha value is -17.6. The van der Waals surface area contributed by atoms with Crippen LogP contribution in [0.4, 0.5) is 34.1 Å². The normalized spacial score (nSPS) is 15.3. The van der Waals surface area contributed by atoms with Gasteiger partial charge in [0.1, 0.15) is 0 Å². The number of rotatable bonds is 15. The minimum absolute atomic E-state index is 0.556. The summed E-state index contributed by atoms with van der Waals surface area (Å²) in [6.45, 7) is 0. The molecule has 0 radical (unpaired) electrons. The van der Waals surface area contributed by atoms with Crippen molar-refractivity contribution in [2.24, 2.45) is 0 Å². The van der Waals surface area contributed by atoms with Gasteiger partial charge in [0.05, 0.1) is 38.7 Å². The zero-order valence-electron chi connectivity index (χ0n) is 75.7. The van der Waals surface area contributed by atoms with Crippen molar-refractivity contribution in [3.63, 3.8) is 0 Å². The Labute approximate surface area is 805 Å². The molecule has 0 amide bonds. The fourth-order valence-corrected chi connectivity index (χ4v) is 25.9. The molecule has 0 N–H and O–H groups in total. The molecule has 2 spiro atoms. The molecule has 0 bridgehead atoms. The van der Waals surface area contributed by atoms with Gasteiger partial charge in [-0.15, -0.1) is 0 Å². The topological polar surface area (TPSA) is 6.48 Å². The van der Waals surface area contributed by atoms with Crippen LogP contribution in [0.15, 0.2) is 534 Å². The summed E-state index contributed by atoms with van der Waals surface area (Å²) in [5.74, 6) is 0. The van der Waals surface area contributed by atoms with Crippen LogP contribution in [0, 0.1) is 0 Å². The minimum Gasteiger partial charge on any atom is -0.310 e. The third kappa shape index (κ3) is 11.2. The van der Waals surface area contributed by atoms with Gasteiger partial charge in [0.2, 0.25) is 0 Å². The first-order valence-corrected chi connectivity index (χ1v) is 48.3. The van der Waals surface area contributed by atoms with E-state index in [1.54, 1.807) is 0 Å². The zero-order valence-corrected chi connectivity index (χ0v) is 75.7. The summed E-state index contributed by atoms with van der Waals surface area (Å²) in [4.78, 5) is 5.24. The summed E-state index contributed by atoms with van der Waals surface area (Å²) < 4.78 is 0. The van der Waals surface area contributed by atoms with Crippen LogP contribution in [-0.2, 0) is 21.7 Å². The van der Waals surface area contributed by atoms with Crippen molar-refractivity contribution in [1.82, 2.24) is 0 Å². The second-order valence-electron chi connectivity index (χ2n) is 37.7. The van der Waals surface area contributed by atoms with Crippen molar-refractivity contribution >= 4 is 34.1 Å². The molecule has 642 valence electrons. The van der Waals surface area contributed by atoms with Crippen molar-refractivity contribution in [3.8, 4) is 122 Å². The van der Waals surface area contributed by atoms with Crippen LogP contribution in [0.3, 0.4) is 0 Å². The number of anilines is 6. The largest absolute Gasteiger partial charge is 0.310 e. The maximum absolute atomic E-state index is 2.64. The fourth-order valence-electron chi connectivity index (χ4n) is 25.9. The van der Waals surface area contributed by atoms with Gasteiger partial charge in [-0.25, -0.2) is 0 Å². The molecule has 22 aromatic carbocycles. The summed E-state index contributed by atoms with van der Waals surface area (Å²) >= 11 is 0. The molecule has 2 atom stereocenters. The van der Waals surface area contributed by atoms with Crippen LogP contribution in [0.1, 0.15) is 89.0 Å². The third-order valence-corrected chi connectivity index (χ3v) is 31.2. The molecule has 6 aliphatic rings. The molecular weight excluding hydrogens is 1660 g/mol. The van der Waals surface area contributed by atoms with Crippen molar-refractivity contribution in [2.75, 3.05) is 9.80 Å². The molecule has 0 aromatic heterocycles. The smallest absolute Gasteiger partial charge is 0.0726 e. The van der Waals surface area contributed by atoms with Gasteiger partial charge in [0, 0.05) is 39.3 Å². The standard InChI is InChI=1S/C136H88N2/c1-8-39-89(40-9-1)95-83-96(90-41-10-2-11-42-90)85-103(84-95)137(128-71-37-69-126-130(128)111-58-27-34-67-121(111)135(126)118-64-31-22-53-106(118)107-54-23-32-65-119(107)135)101-78-81-124-114(87-101)109-56-25-30-63-117(109)134(124,99-51-20-7-21-52-99)100-76-73-91(74-77-100)94-75-80-125-113(86-94)108-55-26-33-66-120(108)136(125)122-68-35-28-59-112(122)131-127(136)70-38-72-129(131)138(132-104(92-43-12-3-13-44-92)60-36-61-105(132)93-45-14-4-15-46-93)102-79-82-123-115(88-102)110-57-24-29-62-116(110)133(123,97-47-16-5-17-48-97)98-49-18-6-19-50-98/h1-88H. The highest BCUT2D eigenvalue weighted by atomic mass is 15.2. The first-order chi connectivity index (χ1) is 68.5. The molecule has 6 aliphatic carbocycles. The summed E-state index contributed by atoms with van der Waals surface area (Å²) in [5.41, 5.74) is 50.5. The van der Waals surface area contributed by atoms with E-state index in [1.165, 1.54) is 156 Å². The SMILES string of the molecule is c1ccc(-c2cc(-c3ccccc3)cc(N(c3ccc4c(c3)-c3ccccc3C4(c3ccccc3)c3ccc(-c4ccc5c(c4)-c4ccccc4C54c5ccccc5-c5c(N(c6ccc7c(c6)-c6ccccc6C7(c6ccccc6)c6ccccc6)c6c(-c7ccccc7)cccc6-c6ccccc6)cccc54)cc3)c3cccc4c3-c3ccccc3C43c4ccccc4-c4ccccc43)c2)cc1. The number of nitrogens with zero attached hydrogens (tertiary/aromatic N) is 2. The molecule has 0 heterocycles. The van der Waals surface area contributed by atoms with Crippen LogP contribution in [-0.4, -0.2) is 0 Å². The van der Waals surface area contributed by atoms with E-state index in [-0.39, 0.29) is 0 Å². The van der Waals surface area contributed by atoms with Gasteiger partial charge >= 0.3 is 0 Å². The Morgan fingerprint density at radius 3 is 0.790 bits per heavy atom. The highest BCUT2D eigenvalue weighted by molar-refractivity contribution is 6.08. The second kappa shape index (κ2) is 31.0. The molecule has 22 aromatic rings. The van der Waals surface area contributed by atoms with Gasteiger partial charge in [-0.3, -0.25) is 0 Å². The number of hydrogen-bond acceptors (Lipinski definition) is 2. The lowest BCUT2D eigenvalue weighted by Crippen LogP contribution is -2.28. The maximum atomic E-state index is 2.64. The Balaban J connectivity index is 0.609. The van der Waals surface area contributed by atoms with Gasteiger partial charge < -0.3 is 9.80 Å². The van der Waals surface area contributed by atoms with Crippen molar-refractivity contribution in [2.45, 2.75) is 21.7 Å². The number of hydrogen-bond donors (Lipinski definition) is 0. The Morgan fingerprint density at radius 1 is 0.123 bits per heavy atom. The Kier molecular flexibility index (Phi) is 17.8. The van der Waals surface area contributed by atoms with Gasteiger partial charge in [-0.05, 0) is 250 Å². The van der Waals surface area contributed by atoms with E-state index in [0.717, 1.165) is 89.8 Å². The van der Waals surface area contributed by atoms with E-state index in [4.69, 9.17) is 0 Å². The predicted molar refractivity (Wildman–Crippen MR) is 570 cm³/mol. The summed E-state index contributed by atoms with van der Waals surface area (Å²) in [6.07, 6.45) is 0. The molecule has 2 heteroatoms. The molecule has 2 unspecified atom stereocenters. The van der Waals surface area contributed by atoms with Crippen LogP contribution in [0.5, 0.6) is 0 Å². The lowest BCUT2D eigenvalue weighted by Gasteiger charge is -2.35. The van der Waals surface area contributed by atoms with Crippen LogP contribution in [0.2, 0.25) is 0 Å². The van der Waals surface area contributed by atoms with E-state index < -0.39 is 21.7 Å². The van der Waals surface area contributed by atoms with E-state index in [0.29, 0.717) is 0 Å². The van der Waals surface area contributed by atoms with E-state index in [1.807, 2.05) is 0 Å². The second-order valence-corrected chi connectivity index (χ2v) is 37.7. The minimum atomic E-state index is -0.721. The monoisotopic (exact) mass is 1750 g/mol. The van der Waals surface area contributed by atoms with Gasteiger partial charge in [0.15, 0.2) is 0 Å². The number of benzene rings is 22. The van der Waals surface area contributed by atoms with Gasteiger partial charge in [0.25, 0.3) is 0 Å². The fraction of sp³-hybridized carbons (Fsp3) is 0.0294. The quantitative estimate of drug-likeness (QED) is 0.101. The number of para-hydroxylation sites is 1. The summed E-state index contributed by atoms with van der Waals surface area (Å²) in [7, 11) is 0. The molecule has 0 fully saturated rings. The highest BCUT2D eigenvalue weighted by Crippen LogP contribution is 2.70. The Morgan fingerprint density at radius 2 is 0.384 bits per heavy atom. The number of fused-ring (bicyclic) bond motifs is 26. The molecule has 0 saturated carbocycles. The lowest BCUT2D eigenvalue weighted by molar-refractivity contribution is 0.768. The zero-order chi connectivity index (χ0) is 90.8. The average Bonchev–Trinajstić information content (AvgIpc) is 1.50. The van der Waals surface area contributed by atoms with Crippen LogP contribution >= 0.6 is 0 Å². The highest BCUT2D eigenvalue weighted by Gasteiger charge is 2.56. The van der Waals surface area contributed by atoms with Crippen molar-refractivity contribution < 1.29 is 0 Å². The predicted octanol–water partition coefficient (Wildman–Crippen LogP) is 34.4. The van der Waals surface area contributed by atoms with Gasteiger partial charge in [-0.1, -0.05) is 473 Å². The van der Waals surface area contributed by atoms with Crippen molar-refractivity contribution in [3.05, 3.63) is 623 Å². The van der Waals surface area contributed by atoms with E-state index in [2.05, 4.69) is 544 Å².